The minimum absolute atomic E-state index is 0.372. The van der Waals surface area contributed by atoms with E-state index in [4.69, 9.17) is 0 Å². The predicted octanol–water partition coefficient (Wildman–Crippen LogP) is 4.79. The standard InChI is InChI=1S/C17H17IN2S/c1-12(13-6-8-14(18)9-7-13)19-11-10-17-20-15-4-2-3-5-16(15)21-17/h2-9,12,19H,10-11H2,1H3. The van der Waals surface area contributed by atoms with Crippen molar-refractivity contribution in [2.45, 2.75) is 19.4 Å². The summed E-state index contributed by atoms with van der Waals surface area (Å²) in [6, 6.07) is 17.4. The monoisotopic (exact) mass is 408 g/mol. The van der Waals surface area contributed by atoms with Crippen molar-refractivity contribution in [2.24, 2.45) is 0 Å². The molecule has 1 N–H and O–H groups in total. The van der Waals surface area contributed by atoms with Crippen molar-refractivity contribution in [1.29, 1.82) is 0 Å². The highest BCUT2D eigenvalue weighted by atomic mass is 127. The maximum Gasteiger partial charge on any atom is 0.0951 e. The number of hydrogen-bond acceptors (Lipinski definition) is 3. The van der Waals surface area contributed by atoms with Gasteiger partial charge in [0.25, 0.3) is 0 Å². The van der Waals surface area contributed by atoms with Crippen molar-refractivity contribution < 1.29 is 0 Å². The van der Waals surface area contributed by atoms with Crippen molar-refractivity contribution in [2.75, 3.05) is 6.54 Å². The normalized spacial score (nSPS) is 12.7. The van der Waals surface area contributed by atoms with Crippen molar-refractivity contribution in [3.63, 3.8) is 0 Å². The molecular weight excluding hydrogens is 391 g/mol. The van der Waals surface area contributed by atoms with E-state index in [-0.39, 0.29) is 0 Å². The van der Waals surface area contributed by atoms with Crippen molar-refractivity contribution in [3.8, 4) is 0 Å². The lowest BCUT2D eigenvalue weighted by Gasteiger charge is -2.13. The smallest absolute Gasteiger partial charge is 0.0951 e. The molecule has 0 radical (unpaired) electrons. The molecule has 0 fully saturated rings. The SMILES string of the molecule is CC(NCCc1nc2ccccc2s1)c1ccc(I)cc1. The molecule has 1 heterocycles. The van der Waals surface area contributed by atoms with Gasteiger partial charge in [-0.2, -0.15) is 0 Å². The summed E-state index contributed by atoms with van der Waals surface area (Å²) in [6.45, 7) is 3.16. The fraction of sp³-hybridized carbons (Fsp3) is 0.235. The number of halogens is 1. The second kappa shape index (κ2) is 6.85. The molecule has 21 heavy (non-hydrogen) atoms. The fourth-order valence-corrected chi connectivity index (χ4v) is 3.62. The molecule has 0 amide bonds. The maximum atomic E-state index is 4.67. The molecule has 2 nitrogen and oxygen atoms in total. The fourth-order valence-electron chi connectivity index (χ4n) is 2.29. The summed E-state index contributed by atoms with van der Waals surface area (Å²) in [6.07, 6.45) is 0.980. The van der Waals surface area contributed by atoms with Crippen molar-refractivity contribution in [3.05, 3.63) is 62.7 Å². The number of thiazole rings is 1. The van der Waals surface area contributed by atoms with Crippen LogP contribution in [0.3, 0.4) is 0 Å². The number of nitrogens with zero attached hydrogens (tertiary/aromatic N) is 1. The maximum absolute atomic E-state index is 4.67. The Labute approximate surface area is 142 Å². The van der Waals surface area contributed by atoms with Gasteiger partial charge in [-0.05, 0) is 59.3 Å². The average Bonchev–Trinajstić information content (AvgIpc) is 2.90. The summed E-state index contributed by atoms with van der Waals surface area (Å²) in [4.78, 5) is 4.67. The number of rotatable bonds is 5. The number of nitrogens with one attached hydrogen (secondary N) is 1. The molecule has 108 valence electrons. The number of aromatic nitrogens is 1. The van der Waals surface area contributed by atoms with Crippen LogP contribution in [0, 0.1) is 3.57 Å². The molecule has 3 rings (SSSR count). The zero-order chi connectivity index (χ0) is 14.7. The van der Waals surface area contributed by atoms with E-state index < -0.39 is 0 Å². The predicted molar refractivity (Wildman–Crippen MR) is 98.9 cm³/mol. The third kappa shape index (κ3) is 3.81. The zero-order valence-corrected chi connectivity index (χ0v) is 14.8. The highest BCUT2D eigenvalue weighted by Gasteiger charge is 2.06. The number of hydrogen-bond donors (Lipinski definition) is 1. The molecule has 3 aromatic rings. The van der Waals surface area contributed by atoms with Crippen molar-refractivity contribution >= 4 is 44.1 Å². The lowest BCUT2D eigenvalue weighted by atomic mass is 10.1. The highest BCUT2D eigenvalue weighted by molar-refractivity contribution is 14.1. The second-order valence-electron chi connectivity index (χ2n) is 5.05. The van der Waals surface area contributed by atoms with Gasteiger partial charge in [-0.3, -0.25) is 0 Å². The van der Waals surface area contributed by atoms with Gasteiger partial charge >= 0.3 is 0 Å². The van der Waals surface area contributed by atoms with Crippen molar-refractivity contribution in [1.82, 2.24) is 10.3 Å². The van der Waals surface area contributed by atoms with E-state index in [1.54, 1.807) is 11.3 Å². The van der Waals surface area contributed by atoms with E-state index in [0.29, 0.717) is 6.04 Å². The first-order valence-electron chi connectivity index (χ1n) is 7.05. The molecule has 0 spiro atoms. The van der Waals surface area contributed by atoms with Gasteiger partial charge in [-0.25, -0.2) is 4.98 Å². The van der Waals surface area contributed by atoms with Gasteiger partial charge in [0, 0.05) is 22.6 Å². The molecule has 1 unspecified atom stereocenters. The van der Waals surface area contributed by atoms with Crippen LogP contribution in [-0.2, 0) is 6.42 Å². The Balaban J connectivity index is 1.56. The topological polar surface area (TPSA) is 24.9 Å². The molecule has 0 aliphatic heterocycles. The van der Waals surface area contributed by atoms with Crippen LogP contribution in [0.15, 0.2) is 48.5 Å². The van der Waals surface area contributed by atoms with E-state index in [2.05, 4.69) is 82.3 Å². The lowest BCUT2D eigenvalue weighted by molar-refractivity contribution is 0.576. The lowest BCUT2D eigenvalue weighted by Crippen LogP contribution is -2.21. The summed E-state index contributed by atoms with van der Waals surface area (Å²) in [5.74, 6) is 0. The summed E-state index contributed by atoms with van der Waals surface area (Å²) >= 11 is 4.13. The molecule has 0 aliphatic rings. The first-order valence-corrected chi connectivity index (χ1v) is 8.95. The molecule has 0 bridgehead atoms. The molecule has 1 aromatic heterocycles. The van der Waals surface area contributed by atoms with Gasteiger partial charge in [-0.1, -0.05) is 24.3 Å². The summed E-state index contributed by atoms with van der Waals surface area (Å²) < 4.78 is 2.55. The Hall–Kier alpha value is -0.980. The van der Waals surface area contributed by atoms with Crippen LogP contribution in [0.25, 0.3) is 10.2 Å². The Bertz CT molecular complexity index is 688. The van der Waals surface area contributed by atoms with Crippen LogP contribution < -0.4 is 5.32 Å². The van der Waals surface area contributed by atoms with Gasteiger partial charge < -0.3 is 5.32 Å². The van der Waals surface area contributed by atoms with Gasteiger partial charge in [0.1, 0.15) is 0 Å². The van der Waals surface area contributed by atoms with Crippen LogP contribution in [-0.4, -0.2) is 11.5 Å². The third-order valence-electron chi connectivity index (χ3n) is 3.50. The number of benzene rings is 2. The molecular formula is C17H17IN2S. The van der Waals surface area contributed by atoms with Crippen LogP contribution in [0.5, 0.6) is 0 Å². The molecule has 0 aliphatic carbocycles. The molecule has 0 saturated carbocycles. The summed E-state index contributed by atoms with van der Waals surface area (Å²) in [7, 11) is 0. The Kier molecular flexibility index (Phi) is 4.87. The minimum Gasteiger partial charge on any atom is -0.310 e. The van der Waals surface area contributed by atoms with E-state index in [9.17, 15) is 0 Å². The first-order chi connectivity index (χ1) is 10.2. The molecule has 0 saturated heterocycles. The van der Waals surface area contributed by atoms with Crippen LogP contribution in [0.4, 0.5) is 0 Å². The quantitative estimate of drug-likeness (QED) is 0.614. The Morgan fingerprint density at radius 3 is 2.67 bits per heavy atom. The molecule has 1 atom stereocenters. The highest BCUT2D eigenvalue weighted by Crippen LogP contribution is 2.22. The van der Waals surface area contributed by atoms with Crippen LogP contribution in [0.1, 0.15) is 23.5 Å². The molecule has 2 aromatic carbocycles. The van der Waals surface area contributed by atoms with Gasteiger partial charge in [0.15, 0.2) is 0 Å². The van der Waals surface area contributed by atoms with E-state index in [0.717, 1.165) is 18.5 Å². The van der Waals surface area contributed by atoms with Crippen LogP contribution in [0.2, 0.25) is 0 Å². The van der Waals surface area contributed by atoms with Crippen LogP contribution >= 0.6 is 33.9 Å². The van der Waals surface area contributed by atoms with E-state index >= 15 is 0 Å². The largest absolute Gasteiger partial charge is 0.310 e. The number of para-hydroxylation sites is 1. The summed E-state index contributed by atoms with van der Waals surface area (Å²) in [5, 5.41) is 4.78. The van der Waals surface area contributed by atoms with E-state index in [1.165, 1.54) is 18.8 Å². The third-order valence-corrected chi connectivity index (χ3v) is 5.31. The average molecular weight is 408 g/mol. The van der Waals surface area contributed by atoms with Gasteiger partial charge in [0.05, 0.1) is 15.2 Å². The minimum atomic E-state index is 0.372. The first kappa shape index (κ1) is 14.9. The van der Waals surface area contributed by atoms with E-state index in [1.807, 2.05) is 6.07 Å². The number of fused-ring (bicyclic) bond motifs is 1. The van der Waals surface area contributed by atoms with Gasteiger partial charge in [-0.15, -0.1) is 11.3 Å². The second-order valence-corrected chi connectivity index (χ2v) is 7.41. The Morgan fingerprint density at radius 1 is 1.14 bits per heavy atom. The van der Waals surface area contributed by atoms with Gasteiger partial charge in [0.2, 0.25) is 0 Å². The zero-order valence-electron chi connectivity index (χ0n) is 11.8. The summed E-state index contributed by atoms with van der Waals surface area (Å²) in [5.41, 5.74) is 2.45. The molecule has 4 heteroatoms. The Morgan fingerprint density at radius 2 is 1.90 bits per heavy atom.